The Morgan fingerprint density at radius 1 is 0.581 bits per heavy atom. The molecule has 3 aromatic heterocycles. The molecule has 3 heterocycles. The van der Waals surface area contributed by atoms with Crippen LogP contribution in [0.2, 0.25) is 0 Å². The maximum atomic E-state index is 10.3. The molecule has 0 aliphatic carbocycles. The average Bonchev–Trinajstić information content (AvgIpc) is 3.69. The maximum absolute atomic E-state index is 10.3. The molecule has 0 amide bonds. The van der Waals surface area contributed by atoms with Crippen molar-refractivity contribution in [2.45, 2.75) is 13.8 Å². The number of rotatable bonds is 2. The van der Waals surface area contributed by atoms with Crippen LogP contribution < -0.4 is 0 Å². The SMILES string of the molecule is Cc1ccc2c(c1)c1cc(C)ccc1n2-c1cccc2c1oc1c(C#N)cc(-c3ccc4c(c3)sc3ccccc34)cc12. The normalized spacial score (nSPS) is 11.9. The van der Waals surface area contributed by atoms with E-state index in [0.717, 1.165) is 44.2 Å². The van der Waals surface area contributed by atoms with E-state index in [0.29, 0.717) is 11.1 Å². The smallest absolute Gasteiger partial charge is 0.159 e. The summed E-state index contributed by atoms with van der Waals surface area (Å²) in [5, 5.41) is 17.2. The third-order valence-electron chi connectivity index (χ3n) is 8.73. The summed E-state index contributed by atoms with van der Waals surface area (Å²) in [6, 6.07) is 41.3. The lowest BCUT2D eigenvalue weighted by Crippen LogP contribution is -1.94. The molecule has 6 aromatic carbocycles. The standard InChI is InChI=1S/C39H24N2OS/c1-22-10-14-33-30(16-22)31-17-23(2)11-15-34(31)41(33)35-8-5-7-29-32-19-25(18-26(21-40)38(32)42-39(29)35)24-12-13-28-27-6-3-4-9-36(27)43-37(28)20-24/h3-20H,1-2H3. The fraction of sp³-hybridized carbons (Fsp3) is 0.0513. The minimum absolute atomic E-state index is 0.541. The van der Waals surface area contributed by atoms with Crippen molar-refractivity contribution in [2.75, 3.05) is 0 Å². The number of para-hydroxylation sites is 1. The lowest BCUT2D eigenvalue weighted by Gasteiger charge is -2.08. The van der Waals surface area contributed by atoms with E-state index in [1.54, 1.807) is 11.3 Å². The third kappa shape index (κ3) is 3.46. The van der Waals surface area contributed by atoms with Gasteiger partial charge in [-0.2, -0.15) is 5.26 Å². The van der Waals surface area contributed by atoms with Crippen LogP contribution in [0.15, 0.2) is 114 Å². The highest BCUT2D eigenvalue weighted by Gasteiger charge is 2.20. The fourth-order valence-corrected chi connectivity index (χ4v) is 7.87. The molecule has 0 bridgehead atoms. The van der Waals surface area contributed by atoms with Crippen molar-refractivity contribution < 1.29 is 4.42 Å². The highest BCUT2D eigenvalue weighted by molar-refractivity contribution is 7.25. The van der Waals surface area contributed by atoms with Crippen LogP contribution in [0.5, 0.6) is 0 Å². The average molecular weight is 569 g/mol. The van der Waals surface area contributed by atoms with E-state index in [4.69, 9.17) is 4.42 Å². The van der Waals surface area contributed by atoms with Gasteiger partial charge in [-0.1, -0.05) is 65.7 Å². The molecule has 0 aliphatic heterocycles. The van der Waals surface area contributed by atoms with E-state index < -0.39 is 0 Å². The lowest BCUT2D eigenvalue weighted by atomic mass is 9.98. The summed E-state index contributed by atoms with van der Waals surface area (Å²) in [5.74, 6) is 0. The summed E-state index contributed by atoms with van der Waals surface area (Å²) in [5.41, 5.74) is 9.77. The number of nitriles is 1. The van der Waals surface area contributed by atoms with E-state index in [-0.39, 0.29) is 0 Å². The minimum Gasteiger partial charge on any atom is -0.452 e. The number of fused-ring (bicyclic) bond motifs is 9. The van der Waals surface area contributed by atoms with Crippen LogP contribution in [0.4, 0.5) is 0 Å². The van der Waals surface area contributed by atoms with Crippen LogP contribution in [-0.2, 0) is 0 Å². The van der Waals surface area contributed by atoms with Crippen LogP contribution in [0.3, 0.4) is 0 Å². The molecule has 0 aliphatic rings. The molecule has 9 rings (SSSR count). The van der Waals surface area contributed by atoms with Crippen LogP contribution in [0, 0.1) is 25.2 Å². The lowest BCUT2D eigenvalue weighted by molar-refractivity contribution is 0.665. The van der Waals surface area contributed by atoms with Gasteiger partial charge in [0.1, 0.15) is 6.07 Å². The third-order valence-corrected chi connectivity index (χ3v) is 9.86. The molecule has 0 radical (unpaired) electrons. The molecule has 0 saturated heterocycles. The molecule has 0 atom stereocenters. The zero-order valence-electron chi connectivity index (χ0n) is 23.6. The highest BCUT2D eigenvalue weighted by Crippen LogP contribution is 2.42. The van der Waals surface area contributed by atoms with Gasteiger partial charge in [0.15, 0.2) is 11.2 Å². The van der Waals surface area contributed by atoms with E-state index in [1.165, 1.54) is 42.1 Å². The van der Waals surface area contributed by atoms with Gasteiger partial charge in [0.2, 0.25) is 0 Å². The largest absolute Gasteiger partial charge is 0.452 e. The van der Waals surface area contributed by atoms with Crippen LogP contribution in [0.25, 0.3) is 80.7 Å². The summed E-state index contributed by atoms with van der Waals surface area (Å²) >= 11 is 1.81. The number of nitrogens with zero attached hydrogens (tertiary/aromatic N) is 2. The van der Waals surface area contributed by atoms with Gasteiger partial charge in [0, 0.05) is 41.7 Å². The Hall–Kier alpha value is -5.37. The van der Waals surface area contributed by atoms with E-state index >= 15 is 0 Å². The molecular formula is C39H24N2OS. The first kappa shape index (κ1) is 24.2. The molecular weight excluding hydrogens is 545 g/mol. The van der Waals surface area contributed by atoms with Crippen LogP contribution in [0.1, 0.15) is 16.7 Å². The van der Waals surface area contributed by atoms with E-state index in [2.05, 4.69) is 128 Å². The summed E-state index contributed by atoms with van der Waals surface area (Å²) in [7, 11) is 0. The Morgan fingerprint density at radius 3 is 2.07 bits per heavy atom. The van der Waals surface area contributed by atoms with Gasteiger partial charge in [-0.25, -0.2) is 0 Å². The van der Waals surface area contributed by atoms with E-state index in [9.17, 15) is 5.26 Å². The van der Waals surface area contributed by atoms with Crippen molar-refractivity contribution in [1.82, 2.24) is 4.57 Å². The zero-order valence-corrected chi connectivity index (χ0v) is 24.4. The van der Waals surface area contributed by atoms with Crippen molar-refractivity contribution in [3.05, 3.63) is 126 Å². The number of furan rings is 1. The Balaban J connectivity index is 1.31. The Bertz CT molecular complexity index is 2600. The summed E-state index contributed by atoms with van der Waals surface area (Å²) in [6.45, 7) is 4.27. The molecule has 0 saturated carbocycles. The van der Waals surface area contributed by atoms with Crippen molar-refractivity contribution in [3.63, 3.8) is 0 Å². The molecule has 9 aromatic rings. The Morgan fingerprint density at radius 2 is 1.30 bits per heavy atom. The van der Waals surface area contributed by atoms with Gasteiger partial charge >= 0.3 is 0 Å². The van der Waals surface area contributed by atoms with Crippen molar-refractivity contribution in [3.8, 4) is 22.9 Å². The maximum Gasteiger partial charge on any atom is 0.159 e. The van der Waals surface area contributed by atoms with Gasteiger partial charge < -0.3 is 8.98 Å². The van der Waals surface area contributed by atoms with Gasteiger partial charge in [-0.15, -0.1) is 11.3 Å². The summed E-state index contributed by atoms with van der Waals surface area (Å²) in [4.78, 5) is 0. The number of hydrogen-bond acceptors (Lipinski definition) is 3. The second kappa shape index (κ2) is 8.82. The summed E-state index contributed by atoms with van der Waals surface area (Å²) in [6.07, 6.45) is 0. The first-order valence-electron chi connectivity index (χ1n) is 14.4. The van der Waals surface area contributed by atoms with Crippen molar-refractivity contribution in [2.24, 2.45) is 0 Å². The molecule has 0 spiro atoms. The highest BCUT2D eigenvalue weighted by atomic mass is 32.1. The summed E-state index contributed by atoms with van der Waals surface area (Å²) < 4.78 is 11.5. The molecule has 202 valence electrons. The second-order valence-corrected chi connectivity index (χ2v) is 12.5. The number of benzene rings is 6. The zero-order chi connectivity index (χ0) is 28.8. The van der Waals surface area contributed by atoms with E-state index in [1.807, 2.05) is 6.07 Å². The monoisotopic (exact) mass is 568 g/mol. The topological polar surface area (TPSA) is 41.9 Å². The predicted octanol–water partition coefficient (Wildman–Crippen LogP) is 11.2. The van der Waals surface area contributed by atoms with Gasteiger partial charge in [-0.3, -0.25) is 0 Å². The molecule has 0 N–H and O–H groups in total. The molecule has 0 fully saturated rings. The van der Waals surface area contributed by atoms with Crippen LogP contribution in [-0.4, -0.2) is 4.57 Å². The second-order valence-electron chi connectivity index (χ2n) is 11.5. The van der Waals surface area contributed by atoms with Gasteiger partial charge in [0.25, 0.3) is 0 Å². The first-order valence-corrected chi connectivity index (χ1v) is 15.2. The van der Waals surface area contributed by atoms with Gasteiger partial charge in [0.05, 0.1) is 22.3 Å². The molecule has 4 heteroatoms. The predicted molar refractivity (Wildman–Crippen MR) is 181 cm³/mol. The number of aromatic nitrogens is 1. The minimum atomic E-state index is 0.541. The first-order chi connectivity index (χ1) is 21.1. The Kier molecular flexibility index (Phi) is 4.97. The Labute approximate surface area is 251 Å². The van der Waals surface area contributed by atoms with Crippen molar-refractivity contribution >= 4 is 75.3 Å². The molecule has 43 heavy (non-hydrogen) atoms. The quantitative estimate of drug-likeness (QED) is 0.208. The van der Waals surface area contributed by atoms with Gasteiger partial charge in [-0.05, 0) is 79.6 Å². The molecule has 0 unspecified atom stereocenters. The van der Waals surface area contributed by atoms with Crippen molar-refractivity contribution in [1.29, 1.82) is 5.26 Å². The molecule has 3 nitrogen and oxygen atoms in total. The number of hydrogen-bond donors (Lipinski definition) is 0. The fourth-order valence-electron chi connectivity index (χ4n) is 6.73. The number of aryl methyl sites for hydroxylation is 2. The number of thiophene rings is 1. The van der Waals surface area contributed by atoms with Crippen LogP contribution >= 0.6 is 11.3 Å².